The Labute approximate surface area is 91.2 Å². The Morgan fingerprint density at radius 1 is 1.42 bits per heavy atom. The van der Waals surface area contributed by atoms with Crippen LogP contribution in [0.15, 0.2) is 30.3 Å². The number of halogens is 1. The van der Waals surface area contributed by atoms with Gasteiger partial charge in [-0.25, -0.2) is 0 Å². The first-order chi connectivity index (χ1) is 5.66. The molecule has 0 N–H and O–H groups in total. The normalized spacial score (nSPS) is 8.50. The summed E-state index contributed by atoms with van der Waals surface area (Å²) in [7, 11) is 0. The summed E-state index contributed by atoms with van der Waals surface area (Å²) in [5, 5.41) is 0.794. The van der Waals surface area contributed by atoms with Crippen LogP contribution in [0.1, 0.15) is 6.92 Å². The van der Waals surface area contributed by atoms with Crippen molar-refractivity contribution in [3.8, 4) is 0 Å². The van der Waals surface area contributed by atoms with E-state index in [0.29, 0.717) is 28.3 Å². The molecule has 0 atom stereocenters. The van der Waals surface area contributed by atoms with Gasteiger partial charge >= 0.3 is 44.5 Å². The fourth-order valence-electron chi connectivity index (χ4n) is 0.415. The summed E-state index contributed by atoms with van der Waals surface area (Å²) in [5.41, 5.74) is 0. The van der Waals surface area contributed by atoms with Crippen molar-refractivity contribution in [1.29, 1.82) is 0 Å². The third-order valence-electron chi connectivity index (χ3n) is 1.23. The summed E-state index contributed by atoms with van der Waals surface area (Å²) >= 11 is 6.14. The smallest absolute Gasteiger partial charge is 0.0405 e. The van der Waals surface area contributed by atoms with E-state index in [1.807, 2.05) is 30.3 Å². The molecule has 0 heterocycles. The standard InChI is InChI=1S/C6H5Cl.C3H5O.Sn.3H/c7-6-4-2-1-3-5-6;1-3(2)4;;;;/h1-5H;1H2,2H3;;;;. The number of carbonyl (C=O) groups excluding carboxylic acids is 1. The molecule has 0 aliphatic carbocycles. The number of Topliss-reactive ketones (excluding diaryl/α,β-unsaturated/α-hetero) is 1. The maximum Gasteiger partial charge on any atom is 0.0405 e. The predicted octanol–water partition coefficient (Wildman–Crippen LogP) is 1.70. The van der Waals surface area contributed by atoms with E-state index in [0.717, 1.165) is 9.46 Å². The summed E-state index contributed by atoms with van der Waals surface area (Å²) in [6, 6.07) is 9.44. The van der Waals surface area contributed by atoms with Gasteiger partial charge in [-0.3, -0.25) is 0 Å². The quantitative estimate of drug-likeness (QED) is 0.720. The topological polar surface area (TPSA) is 17.1 Å². The van der Waals surface area contributed by atoms with Crippen molar-refractivity contribution >= 4 is 39.9 Å². The molecular formula is C9H13ClOSn. The number of rotatable bonds is 1. The molecule has 0 aliphatic heterocycles. The fraction of sp³-hybridized carbons (Fsp3) is 0.222. The molecule has 0 saturated carbocycles. The van der Waals surface area contributed by atoms with E-state index in [1.165, 1.54) is 0 Å². The molecule has 0 unspecified atom stereocenters. The molecule has 12 heavy (non-hydrogen) atoms. The van der Waals surface area contributed by atoms with Crippen LogP contribution in [0.3, 0.4) is 0 Å². The number of ketones is 1. The van der Waals surface area contributed by atoms with Crippen molar-refractivity contribution in [1.82, 2.24) is 0 Å². The zero-order valence-electron chi connectivity index (χ0n) is 7.38. The zero-order chi connectivity index (χ0) is 9.40. The molecule has 1 aromatic rings. The van der Waals surface area contributed by atoms with Crippen LogP contribution < -0.4 is 0 Å². The summed E-state index contributed by atoms with van der Waals surface area (Å²) in [4.78, 5) is 9.86. The van der Waals surface area contributed by atoms with Crippen LogP contribution in [0.25, 0.3) is 0 Å². The van der Waals surface area contributed by atoms with Crippen molar-refractivity contribution < 1.29 is 4.79 Å². The van der Waals surface area contributed by atoms with Crippen molar-refractivity contribution in [3.63, 3.8) is 0 Å². The van der Waals surface area contributed by atoms with Gasteiger partial charge in [0.15, 0.2) is 0 Å². The summed E-state index contributed by atoms with van der Waals surface area (Å²) in [6.07, 6.45) is 0. The van der Waals surface area contributed by atoms with Crippen molar-refractivity contribution in [3.05, 3.63) is 35.4 Å². The van der Waals surface area contributed by atoms with E-state index in [1.54, 1.807) is 6.92 Å². The first-order valence-electron chi connectivity index (χ1n) is 3.86. The van der Waals surface area contributed by atoms with E-state index in [4.69, 9.17) is 11.6 Å². The fourth-order valence-corrected chi connectivity index (χ4v) is 0.560. The second-order valence-corrected chi connectivity index (χ2v) is 4.81. The molecule has 0 saturated heterocycles. The third-order valence-corrected chi connectivity index (χ3v) is 4.33. The van der Waals surface area contributed by atoms with Crippen molar-refractivity contribution in [2.45, 2.75) is 11.4 Å². The van der Waals surface area contributed by atoms with Gasteiger partial charge in [-0.1, -0.05) is 29.8 Å². The van der Waals surface area contributed by atoms with Gasteiger partial charge in [-0.05, 0) is 12.1 Å². The van der Waals surface area contributed by atoms with E-state index in [-0.39, 0.29) is 0 Å². The molecule has 0 aromatic heterocycles. The van der Waals surface area contributed by atoms with Crippen molar-refractivity contribution in [2.24, 2.45) is 0 Å². The Bertz CT molecular complexity index is 223. The average molecular weight is 291 g/mol. The monoisotopic (exact) mass is 292 g/mol. The van der Waals surface area contributed by atoms with E-state index in [2.05, 4.69) is 0 Å². The molecule has 66 valence electrons. The van der Waals surface area contributed by atoms with Gasteiger partial charge in [0.05, 0.1) is 0 Å². The SMILES string of the molecule is CC(=O)[CH2][SnH3].Clc1ccccc1. The first-order valence-corrected chi connectivity index (χ1v) is 8.28. The van der Waals surface area contributed by atoms with Crippen LogP contribution in [-0.2, 0) is 4.79 Å². The summed E-state index contributed by atoms with van der Waals surface area (Å²) < 4.78 is 0.877. The van der Waals surface area contributed by atoms with E-state index in [9.17, 15) is 4.79 Å². The van der Waals surface area contributed by atoms with Crippen LogP contribution in [0.5, 0.6) is 0 Å². The molecule has 0 fully saturated rings. The number of hydrogen-bond acceptors (Lipinski definition) is 1. The largest absolute Gasteiger partial charge is 0.0843 e. The second-order valence-electron chi connectivity index (χ2n) is 2.35. The number of benzene rings is 1. The molecular weight excluding hydrogens is 278 g/mol. The number of hydrogen-bond donors (Lipinski definition) is 0. The van der Waals surface area contributed by atoms with Gasteiger partial charge in [0.2, 0.25) is 0 Å². The zero-order valence-corrected chi connectivity index (χ0v) is 13.8. The van der Waals surface area contributed by atoms with Crippen LogP contribution in [0.4, 0.5) is 0 Å². The Morgan fingerprint density at radius 3 is 2.00 bits per heavy atom. The molecule has 1 rings (SSSR count). The molecule has 0 amide bonds. The maximum absolute atomic E-state index is 9.86. The minimum Gasteiger partial charge on any atom is -0.0843 e. The van der Waals surface area contributed by atoms with Gasteiger partial charge in [0, 0.05) is 5.02 Å². The Kier molecular flexibility index (Phi) is 7.61. The average Bonchev–Trinajstić information content (AvgIpc) is 2.07. The van der Waals surface area contributed by atoms with Crippen molar-refractivity contribution in [2.75, 3.05) is 0 Å². The molecule has 0 bridgehead atoms. The Morgan fingerprint density at radius 2 is 1.83 bits per heavy atom. The maximum atomic E-state index is 9.86. The van der Waals surface area contributed by atoms with Gasteiger partial charge in [-0.2, -0.15) is 0 Å². The van der Waals surface area contributed by atoms with E-state index < -0.39 is 0 Å². The van der Waals surface area contributed by atoms with E-state index >= 15 is 0 Å². The number of carbonyl (C=O) groups is 1. The second kappa shape index (κ2) is 7.62. The minimum atomic E-state index is 0.348. The molecule has 0 radical (unpaired) electrons. The van der Waals surface area contributed by atoms with Crippen LogP contribution in [-0.4, -0.2) is 28.3 Å². The molecule has 3 heteroatoms. The third kappa shape index (κ3) is 8.08. The Balaban J connectivity index is 0.000000217. The van der Waals surface area contributed by atoms with Gasteiger partial charge in [-0.15, -0.1) is 0 Å². The Hall–Kier alpha value is -0.0213. The summed E-state index contributed by atoms with van der Waals surface area (Å²) in [5.74, 6) is 0.348. The van der Waals surface area contributed by atoms with Crippen LogP contribution in [0, 0.1) is 0 Å². The summed E-state index contributed by atoms with van der Waals surface area (Å²) in [6.45, 7) is 1.64. The molecule has 0 aliphatic rings. The van der Waals surface area contributed by atoms with Gasteiger partial charge in [0.1, 0.15) is 0 Å². The van der Waals surface area contributed by atoms with Crippen LogP contribution in [0.2, 0.25) is 9.46 Å². The molecule has 0 spiro atoms. The molecule has 1 nitrogen and oxygen atoms in total. The minimum absolute atomic E-state index is 0.348. The molecule has 1 aromatic carbocycles. The van der Waals surface area contributed by atoms with Gasteiger partial charge < -0.3 is 0 Å². The van der Waals surface area contributed by atoms with Crippen LogP contribution >= 0.6 is 11.6 Å². The first kappa shape index (κ1) is 12.0. The van der Waals surface area contributed by atoms with Gasteiger partial charge in [0.25, 0.3) is 0 Å². The predicted molar refractivity (Wildman–Crippen MR) is 56.9 cm³/mol.